The van der Waals surface area contributed by atoms with Crippen LogP contribution in [0.25, 0.3) is 0 Å². The van der Waals surface area contributed by atoms with Crippen molar-refractivity contribution in [3.63, 3.8) is 0 Å². The van der Waals surface area contributed by atoms with Crippen molar-refractivity contribution in [1.82, 2.24) is 4.98 Å². The molecule has 102 valence electrons. The van der Waals surface area contributed by atoms with Crippen LogP contribution < -0.4 is 4.90 Å². The molecule has 1 amide bonds. The lowest BCUT2D eigenvalue weighted by Crippen LogP contribution is -2.29. The average Bonchev–Trinajstić information content (AvgIpc) is 2.82. The quantitative estimate of drug-likeness (QED) is 0.849. The lowest BCUT2D eigenvalue weighted by atomic mass is 10.2. The van der Waals surface area contributed by atoms with Crippen LogP contribution in [0.4, 0.5) is 10.1 Å². The highest BCUT2D eigenvalue weighted by atomic mass is 35.5. The Balaban J connectivity index is 2.08. The number of nitrogens with zero attached hydrogens (tertiary/aromatic N) is 2. The zero-order chi connectivity index (χ0) is 14.1. The number of hydrogen-bond acceptors (Lipinski definition) is 3. The topological polar surface area (TPSA) is 33.2 Å². The van der Waals surface area contributed by atoms with E-state index in [2.05, 4.69) is 4.98 Å². The van der Waals surface area contributed by atoms with Crippen LogP contribution in [0.5, 0.6) is 0 Å². The van der Waals surface area contributed by atoms with E-state index in [1.54, 1.807) is 24.5 Å². The zero-order valence-corrected chi connectivity index (χ0v) is 11.9. The van der Waals surface area contributed by atoms with Gasteiger partial charge in [-0.25, -0.2) is 4.39 Å². The number of benzene rings is 1. The zero-order valence-electron chi connectivity index (χ0n) is 10.3. The van der Waals surface area contributed by atoms with Gasteiger partial charge in [-0.1, -0.05) is 23.7 Å². The summed E-state index contributed by atoms with van der Waals surface area (Å²) in [6, 6.07) is 8.06. The Labute approximate surface area is 124 Å². The maximum Gasteiger partial charge on any atom is 0.238 e. The third-order valence-electron chi connectivity index (χ3n) is 3.02. The molecule has 1 aliphatic rings. The Morgan fingerprint density at radius 1 is 1.35 bits per heavy atom. The standard InChI is InChI=1S/C14H10ClFN2OS/c15-10-4-1-5-11(16)13(10)18-12(19)8-20-14(18)9-3-2-6-17-7-9/h1-7,14H,8H2. The first-order valence-corrected chi connectivity index (χ1v) is 7.39. The van der Waals surface area contributed by atoms with E-state index in [-0.39, 0.29) is 22.0 Å². The van der Waals surface area contributed by atoms with Crippen LogP contribution >= 0.6 is 23.4 Å². The first-order valence-electron chi connectivity index (χ1n) is 5.96. The minimum Gasteiger partial charge on any atom is -0.291 e. The Hall–Kier alpha value is -1.59. The van der Waals surface area contributed by atoms with E-state index in [0.29, 0.717) is 5.75 Å². The normalized spacial score (nSPS) is 18.6. The average molecular weight is 309 g/mol. The molecule has 1 unspecified atom stereocenters. The van der Waals surface area contributed by atoms with E-state index in [0.717, 1.165) is 5.56 Å². The van der Waals surface area contributed by atoms with Crippen LogP contribution in [0.2, 0.25) is 5.02 Å². The van der Waals surface area contributed by atoms with E-state index in [1.165, 1.54) is 28.8 Å². The lowest BCUT2D eigenvalue weighted by Gasteiger charge is -2.25. The van der Waals surface area contributed by atoms with Crippen LogP contribution in [0.3, 0.4) is 0 Å². The monoisotopic (exact) mass is 308 g/mol. The van der Waals surface area contributed by atoms with Crippen LogP contribution in [0.1, 0.15) is 10.9 Å². The molecule has 1 saturated heterocycles. The van der Waals surface area contributed by atoms with E-state index >= 15 is 0 Å². The fourth-order valence-corrected chi connectivity index (χ4v) is 3.55. The summed E-state index contributed by atoms with van der Waals surface area (Å²) in [7, 11) is 0. The molecule has 2 heterocycles. The molecule has 1 aromatic heterocycles. The van der Waals surface area contributed by atoms with Gasteiger partial charge in [0.2, 0.25) is 5.91 Å². The van der Waals surface area contributed by atoms with Crippen LogP contribution in [0.15, 0.2) is 42.7 Å². The number of pyridine rings is 1. The molecule has 0 aliphatic carbocycles. The van der Waals surface area contributed by atoms with Crippen molar-refractivity contribution in [3.05, 3.63) is 59.1 Å². The fraction of sp³-hybridized carbons (Fsp3) is 0.143. The molecule has 2 aromatic rings. The number of halogens is 2. The summed E-state index contributed by atoms with van der Waals surface area (Å²) in [6.07, 6.45) is 3.34. The molecule has 1 fully saturated rings. The number of amides is 1. The van der Waals surface area contributed by atoms with Crippen molar-refractivity contribution >= 4 is 35.0 Å². The highest BCUT2D eigenvalue weighted by Crippen LogP contribution is 2.44. The summed E-state index contributed by atoms with van der Waals surface area (Å²) in [5, 5.41) is -0.0691. The van der Waals surface area contributed by atoms with Gasteiger partial charge in [-0.15, -0.1) is 11.8 Å². The highest BCUT2D eigenvalue weighted by Gasteiger charge is 2.36. The molecule has 3 rings (SSSR count). The minimum absolute atomic E-state index is 0.137. The molecule has 0 saturated carbocycles. The second kappa shape index (κ2) is 5.42. The van der Waals surface area contributed by atoms with Crippen molar-refractivity contribution in [2.45, 2.75) is 5.37 Å². The van der Waals surface area contributed by atoms with Gasteiger partial charge < -0.3 is 0 Å². The Bertz CT molecular complexity index is 633. The summed E-state index contributed by atoms with van der Waals surface area (Å²) in [5.41, 5.74) is 0.987. The van der Waals surface area contributed by atoms with Gasteiger partial charge in [-0.3, -0.25) is 14.7 Å². The number of anilines is 1. The number of hydrogen-bond donors (Lipinski definition) is 0. The maximum absolute atomic E-state index is 14.1. The van der Waals surface area contributed by atoms with Gasteiger partial charge in [0.25, 0.3) is 0 Å². The van der Waals surface area contributed by atoms with E-state index < -0.39 is 5.82 Å². The number of aromatic nitrogens is 1. The molecule has 20 heavy (non-hydrogen) atoms. The SMILES string of the molecule is O=C1CSC(c2cccnc2)N1c1c(F)cccc1Cl. The molecule has 3 nitrogen and oxygen atoms in total. The van der Waals surface area contributed by atoms with Gasteiger partial charge in [0.05, 0.1) is 16.5 Å². The third-order valence-corrected chi connectivity index (χ3v) is 4.53. The first kappa shape index (κ1) is 13.4. The lowest BCUT2D eigenvalue weighted by molar-refractivity contribution is -0.115. The number of carbonyl (C=O) groups is 1. The van der Waals surface area contributed by atoms with Crippen molar-refractivity contribution in [2.75, 3.05) is 10.7 Å². The number of para-hydroxylation sites is 1. The van der Waals surface area contributed by atoms with E-state index in [4.69, 9.17) is 11.6 Å². The molecule has 0 N–H and O–H groups in total. The van der Waals surface area contributed by atoms with Gasteiger partial charge in [-0.05, 0) is 18.2 Å². The molecule has 1 aliphatic heterocycles. The smallest absolute Gasteiger partial charge is 0.238 e. The molecule has 6 heteroatoms. The molecule has 0 radical (unpaired) electrons. The van der Waals surface area contributed by atoms with Crippen molar-refractivity contribution in [1.29, 1.82) is 0 Å². The largest absolute Gasteiger partial charge is 0.291 e. The van der Waals surface area contributed by atoms with E-state index in [9.17, 15) is 9.18 Å². The Morgan fingerprint density at radius 2 is 2.20 bits per heavy atom. The predicted octanol–water partition coefficient (Wildman–Crippen LogP) is 3.65. The predicted molar refractivity (Wildman–Crippen MR) is 78.3 cm³/mol. The summed E-state index contributed by atoms with van der Waals surface area (Å²) in [6.45, 7) is 0. The Kier molecular flexibility index (Phi) is 3.63. The number of carbonyl (C=O) groups excluding carboxylic acids is 1. The molecule has 1 atom stereocenters. The van der Waals surface area contributed by atoms with Crippen molar-refractivity contribution < 1.29 is 9.18 Å². The van der Waals surface area contributed by atoms with Gasteiger partial charge in [0, 0.05) is 18.0 Å². The minimum atomic E-state index is -0.498. The van der Waals surface area contributed by atoms with Crippen LogP contribution in [0, 0.1) is 5.82 Å². The summed E-state index contributed by atoms with van der Waals surface area (Å²) >= 11 is 7.50. The van der Waals surface area contributed by atoms with E-state index in [1.807, 2.05) is 6.07 Å². The summed E-state index contributed by atoms with van der Waals surface area (Å²) in [5.74, 6) is -0.359. The molecular formula is C14H10ClFN2OS. The van der Waals surface area contributed by atoms with Crippen LogP contribution in [-0.4, -0.2) is 16.6 Å². The van der Waals surface area contributed by atoms with Gasteiger partial charge >= 0.3 is 0 Å². The highest BCUT2D eigenvalue weighted by molar-refractivity contribution is 8.00. The number of rotatable bonds is 2. The molecule has 1 aromatic carbocycles. The summed E-state index contributed by atoms with van der Waals surface area (Å²) < 4.78 is 14.1. The van der Waals surface area contributed by atoms with Crippen LogP contribution in [-0.2, 0) is 4.79 Å². The molecule has 0 bridgehead atoms. The third kappa shape index (κ3) is 2.27. The summed E-state index contributed by atoms with van der Waals surface area (Å²) in [4.78, 5) is 17.6. The fourth-order valence-electron chi connectivity index (χ4n) is 2.15. The van der Waals surface area contributed by atoms with Crippen molar-refractivity contribution in [3.8, 4) is 0 Å². The maximum atomic E-state index is 14.1. The first-order chi connectivity index (χ1) is 9.68. The molecule has 0 spiro atoms. The van der Waals surface area contributed by atoms with Gasteiger partial charge in [0.1, 0.15) is 11.2 Å². The number of thioether (sulfide) groups is 1. The van der Waals surface area contributed by atoms with Gasteiger partial charge in [-0.2, -0.15) is 0 Å². The second-order valence-electron chi connectivity index (χ2n) is 4.28. The molecular weight excluding hydrogens is 299 g/mol. The Morgan fingerprint density at radius 3 is 2.90 bits per heavy atom. The van der Waals surface area contributed by atoms with Crippen molar-refractivity contribution in [2.24, 2.45) is 0 Å². The second-order valence-corrected chi connectivity index (χ2v) is 5.76. The van der Waals surface area contributed by atoms with Gasteiger partial charge in [0.15, 0.2) is 0 Å².